The van der Waals surface area contributed by atoms with Crippen LogP contribution in [0.1, 0.15) is 18.1 Å². The maximum absolute atomic E-state index is 11.3. The molecule has 122 valence electrons. The first kappa shape index (κ1) is 15.5. The number of likely N-dealkylation sites (N-methyl/N-ethyl adjacent to an activating group) is 1. The summed E-state index contributed by atoms with van der Waals surface area (Å²) in [6.45, 7) is 2.32. The number of nitrogens with one attached hydrogen (secondary N) is 1. The highest BCUT2D eigenvalue weighted by Crippen LogP contribution is 2.19. The SMILES string of the molecule is CNC(=O)Cc1noc(CN2CCC(Oc3ccccc3)C2)n1. The zero-order valence-electron chi connectivity index (χ0n) is 13.1. The molecule has 23 heavy (non-hydrogen) atoms. The van der Waals surface area contributed by atoms with Crippen LogP contribution >= 0.6 is 0 Å². The van der Waals surface area contributed by atoms with Gasteiger partial charge >= 0.3 is 0 Å². The van der Waals surface area contributed by atoms with Crippen LogP contribution in [-0.2, 0) is 17.8 Å². The van der Waals surface area contributed by atoms with E-state index in [0.29, 0.717) is 18.3 Å². The molecule has 1 amide bonds. The van der Waals surface area contributed by atoms with Gasteiger partial charge < -0.3 is 14.6 Å². The Morgan fingerprint density at radius 3 is 3.04 bits per heavy atom. The lowest BCUT2D eigenvalue weighted by Crippen LogP contribution is -2.24. The van der Waals surface area contributed by atoms with E-state index >= 15 is 0 Å². The van der Waals surface area contributed by atoms with Crippen LogP contribution in [0, 0.1) is 0 Å². The van der Waals surface area contributed by atoms with Gasteiger partial charge in [0.1, 0.15) is 11.9 Å². The number of para-hydroxylation sites is 1. The maximum atomic E-state index is 11.3. The fourth-order valence-corrected chi connectivity index (χ4v) is 2.58. The molecule has 1 atom stereocenters. The number of hydrogen-bond acceptors (Lipinski definition) is 6. The number of amides is 1. The van der Waals surface area contributed by atoms with Crippen LogP contribution in [0.3, 0.4) is 0 Å². The van der Waals surface area contributed by atoms with Crippen molar-refractivity contribution in [2.45, 2.75) is 25.5 Å². The topological polar surface area (TPSA) is 80.5 Å². The van der Waals surface area contributed by atoms with Crippen LogP contribution in [0.5, 0.6) is 5.75 Å². The fraction of sp³-hybridized carbons (Fsp3) is 0.438. The molecule has 1 unspecified atom stereocenters. The molecule has 7 nitrogen and oxygen atoms in total. The number of aromatic nitrogens is 2. The summed E-state index contributed by atoms with van der Waals surface area (Å²) in [4.78, 5) is 17.8. The van der Waals surface area contributed by atoms with Crippen molar-refractivity contribution in [3.8, 4) is 5.75 Å². The molecule has 7 heteroatoms. The summed E-state index contributed by atoms with van der Waals surface area (Å²) in [7, 11) is 1.58. The minimum Gasteiger partial charge on any atom is -0.489 e. The Balaban J connectivity index is 1.49. The fourth-order valence-electron chi connectivity index (χ4n) is 2.58. The Labute approximate surface area is 134 Å². The predicted molar refractivity (Wildman–Crippen MR) is 82.8 cm³/mol. The van der Waals surface area contributed by atoms with Crippen LogP contribution in [0.15, 0.2) is 34.9 Å². The minimum atomic E-state index is -0.130. The van der Waals surface area contributed by atoms with Crippen LogP contribution < -0.4 is 10.1 Å². The molecule has 2 heterocycles. The molecule has 1 fully saturated rings. The third-order valence-electron chi connectivity index (χ3n) is 3.74. The smallest absolute Gasteiger partial charge is 0.240 e. The van der Waals surface area contributed by atoms with Crippen molar-refractivity contribution >= 4 is 5.91 Å². The summed E-state index contributed by atoms with van der Waals surface area (Å²) in [5.41, 5.74) is 0. The van der Waals surface area contributed by atoms with Gasteiger partial charge in [-0.2, -0.15) is 4.98 Å². The average molecular weight is 316 g/mol. The molecule has 3 rings (SSSR count). The van der Waals surface area contributed by atoms with E-state index in [1.165, 1.54) is 0 Å². The van der Waals surface area contributed by atoms with Gasteiger partial charge in [0.05, 0.1) is 13.0 Å². The number of hydrogen-bond donors (Lipinski definition) is 1. The van der Waals surface area contributed by atoms with E-state index in [2.05, 4.69) is 20.4 Å². The molecule has 1 aromatic carbocycles. The Kier molecular flexibility index (Phi) is 4.87. The second-order valence-corrected chi connectivity index (χ2v) is 5.53. The maximum Gasteiger partial charge on any atom is 0.240 e. The summed E-state index contributed by atoms with van der Waals surface area (Å²) in [5.74, 6) is 1.71. The van der Waals surface area contributed by atoms with Crippen molar-refractivity contribution in [2.75, 3.05) is 20.1 Å². The Hall–Kier alpha value is -2.41. The first-order valence-electron chi connectivity index (χ1n) is 7.69. The molecule has 1 N–H and O–H groups in total. The summed E-state index contributed by atoms with van der Waals surface area (Å²) in [6, 6.07) is 9.83. The molecule has 0 bridgehead atoms. The van der Waals surface area contributed by atoms with Crippen molar-refractivity contribution in [2.24, 2.45) is 0 Å². The van der Waals surface area contributed by atoms with E-state index in [-0.39, 0.29) is 18.4 Å². The molecule has 2 aromatic rings. The van der Waals surface area contributed by atoms with Crippen LogP contribution in [0.25, 0.3) is 0 Å². The normalized spacial score (nSPS) is 18.0. The third kappa shape index (κ3) is 4.29. The number of carbonyl (C=O) groups is 1. The Morgan fingerprint density at radius 1 is 1.43 bits per heavy atom. The molecule has 1 aliphatic heterocycles. The first-order valence-corrected chi connectivity index (χ1v) is 7.69. The molecule has 0 aliphatic carbocycles. The lowest BCUT2D eigenvalue weighted by molar-refractivity contribution is -0.120. The standard InChI is InChI=1S/C16H20N4O3/c1-17-15(21)9-14-18-16(23-19-14)11-20-8-7-13(10-20)22-12-5-3-2-4-6-12/h2-6,13H,7-11H2,1H3,(H,17,21). The number of likely N-dealkylation sites (tertiary alicyclic amines) is 1. The van der Waals surface area contributed by atoms with Gasteiger partial charge in [-0.15, -0.1) is 0 Å². The van der Waals surface area contributed by atoms with Crippen molar-refractivity contribution in [1.82, 2.24) is 20.4 Å². The van der Waals surface area contributed by atoms with Gasteiger partial charge in [-0.1, -0.05) is 23.4 Å². The molecule has 1 saturated heterocycles. The van der Waals surface area contributed by atoms with Crippen molar-refractivity contribution < 1.29 is 14.1 Å². The van der Waals surface area contributed by atoms with Crippen LogP contribution in [0.2, 0.25) is 0 Å². The minimum absolute atomic E-state index is 0.130. The van der Waals surface area contributed by atoms with Crippen LogP contribution in [0.4, 0.5) is 0 Å². The third-order valence-corrected chi connectivity index (χ3v) is 3.74. The van der Waals surface area contributed by atoms with E-state index in [1.807, 2.05) is 30.3 Å². The van der Waals surface area contributed by atoms with E-state index in [0.717, 1.165) is 25.3 Å². The van der Waals surface area contributed by atoms with Crippen LogP contribution in [-0.4, -0.2) is 47.2 Å². The molecule has 0 spiro atoms. The number of ether oxygens (including phenoxy) is 1. The van der Waals surface area contributed by atoms with Gasteiger partial charge in [0.15, 0.2) is 5.82 Å². The molecular formula is C16H20N4O3. The van der Waals surface area contributed by atoms with Gasteiger partial charge in [-0.05, 0) is 18.6 Å². The van der Waals surface area contributed by atoms with Crippen molar-refractivity contribution in [1.29, 1.82) is 0 Å². The van der Waals surface area contributed by atoms with Gasteiger partial charge in [-0.25, -0.2) is 0 Å². The second kappa shape index (κ2) is 7.23. The zero-order chi connectivity index (χ0) is 16.1. The largest absolute Gasteiger partial charge is 0.489 e. The quantitative estimate of drug-likeness (QED) is 0.857. The summed E-state index contributed by atoms with van der Waals surface area (Å²) in [6.07, 6.45) is 1.28. The first-order chi connectivity index (χ1) is 11.2. The summed E-state index contributed by atoms with van der Waals surface area (Å²) in [5, 5.41) is 6.37. The molecule has 0 saturated carbocycles. The molecule has 1 aliphatic rings. The van der Waals surface area contributed by atoms with Gasteiger partial charge in [0.25, 0.3) is 0 Å². The number of nitrogens with zero attached hydrogens (tertiary/aromatic N) is 3. The second-order valence-electron chi connectivity index (χ2n) is 5.53. The summed E-state index contributed by atoms with van der Waals surface area (Å²) >= 11 is 0. The molecule has 1 aromatic heterocycles. The number of benzene rings is 1. The molecule has 0 radical (unpaired) electrons. The van der Waals surface area contributed by atoms with E-state index in [4.69, 9.17) is 9.26 Å². The highest BCUT2D eigenvalue weighted by Gasteiger charge is 2.25. The molecular weight excluding hydrogens is 296 g/mol. The highest BCUT2D eigenvalue weighted by atomic mass is 16.5. The van der Waals surface area contributed by atoms with Crippen molar-refractivity contribution in [3.05, 3.63) is 42.0 Å². The number of carbonyl (C=O) groups excluding carboxylic acids is 1. The summed E-state index contributed by atoms with van der Waals surface area (Å²) < 4.78 is 11.2. The Morgan fingerprint density at radius 2 is 2.26 bits per heavy atom. The van der Waals surface area contributed by atoms with Crippen molar-refractivity contribution in [3.63, 3.8) is 0 Å². The predicted octanol–water partition coefficient (Wildman–Crippen LogP) is 1.01. The lowest BCUT2D eigenvalue weighted by Gasteiger charge is -2.15. The highest BCUT2D eigenvalue weighted by molar-refractivity contribution is 5.77. The van der Waals surface area contributed by atoms with E-state index in [1.54, 1.807) is 7.05 Å². The van der Waals surface area contributed by atoms with Gasteiger partial charge in [0, 0.05) is 20.1 Å². The zero-order valence-corrected chi connectivity index (χ0v) is 13.1. The number of rotatable bonds is 6. The Bertz CT molecular complexity index is 644. The van der Waals surface area contributed by atoms with Gasteiger partial charge in [-0.3, -0.25) is 9.69 Å². The monoisotopic (exact) mass is 316 g/mol. The van der Waals surface area contributed by atoms with E-state index < -0.39 is 0 Å². The average Bonchev–Trinajstić information content (AvgIpc) is 3.18. The van der Waals surface area contributed by atoms with E-state index in [9.17, 15) is 4.79 Å². The van der Waals surface area contributed by atoms with Gasteiger partial charge in [0.2, 0.25) is 11.8 Å². The lowest BCUT2D eigenvalue weighted by atomic mass is 10.3.